The van der Waals surface area contributed by atoms with E-state index < -0.39 is 0 Å². The normalized spacial score (nSPS) is 11.6. The molecule has 0 amide bonds. The van der Waals surface area contributed by atoms with Gasteiger partial charge in [0.2, 0.25) is 0 Å². The first-order valence-corrected chi connectivity index (χ1v) is 6.66. The highest BCUT2D eigenvalue weighted by atomic mass is 14.8. The van der Waals surface area contributed by atoms with E-state index in [0.717, 1.165) is 16.7 Å². The highest BCUT2D eigenvalue weighted by Gasteiger charge is 1.97. The Morgan fingerprint density at radius 1 is 0.850 bits per heavy atom. The predicted molar refractivity (Wildman–Crippen MR) is 88.1 cm³/mol. The summed E-state index contributed by atoms with van der Waals surface area (Å²) in [4.78, 5) is 0. The molecule has 0 aliphatic carbocycles. The Balaban J connectivity index is 2.19. The van der Waals surface area contributed by atoms with Crippen molar-refractivity contribution in [2.45, 2.75) is 0 Å². The summed E-state index contributed by atoms with van der Waals surface area (Å²) in [5.41, 5.74) is 4.45. The summed E-state index contributed by atoms with van der Waals surface area (Å²) in [6.45, 7) is 4.12. The lowest BCUT2D eigenvalue weighted by Crippen LogP contribution is -1.95. The van der Waals surface area contributed by atoms with E-state index in [9.17, 15) is 0 Å². The van der Waals surface area contributed by atoms with E-state index in [0.29, 0.717) is 0 Å². The third-order valence-electron chi connectivity index (χ3n) is 3.02. The van der Waals surface area contributed by atoms with Crippen LogP contribution in [0.4, 0.5) is 0 Å². The molecule has 0 spiro atoms. The van der Waals surface area contributed by atoms with Gasteiger partial charge in [0, 0.05) is 13.2 Å². The van der Waals surface area contributed by atoms with Gasteiger partial charge < -0.3 is 5.32 Å². The number of allylic oxidation sites excluding steroid dienone is 4. The average molecular weight is 261 g/mol. The van der Waals surface area contributed by atoms with Crippen LogP contribution in [0.15, 0.2) is 85.6 Å². The zero-order valence-electron chi connectivity index (χ0n) is 11.7. The second-order valence-electron chi connectivity index (χ2n) is 4.48. The average Bonchev–Trinajstić information content (AvgIpc) is 2.53. The van der Waals surface area contributed by atoms with E-state index >= 15 is 0 Å². The number of hydrogen-bond acceptors (Lipinski definition) is 1. The molecule has 0 radical (unpaired) electrons. The number of hydrogen-bond donors (Lipinski definition) is 1. The van der Waals surface area contributed by atoms with Crippen molar-refractivity contribution in [1.82, 2.24) is 5.32 Å². The van der Waals surface area contributed by atoms with Gasteiger partial charge in [0.25, 0.3) is 0 Å². The maximum Gasteiger partial charge on any atom is 0.00412 e. The lowest BCUT2D eigenvalue weighted by molar-refractivity contribution is 1.11. The topological polar surface area (TPSA) is 12.0 Å². The summed E-state index contributed by atoms with van der Waals surface area (Å²) in [6, 6.07) is 20.5. The van der Waals surface area contributed by atoms with E-state index in [1.54, 1.807) is 0 Å². The van der Waals surface area contributed by atoms with Crippen LogP contribution in [0.3, 0.4) is 0 Å². The quantitative estimate of drug-likeness (QED) is 0.780. The van der Waals surface area contributed by atoms with Crippen molar-refractivity contribution in [2.75, 3.05) is 7.05 Å². The molecule has 0 aromatic heterocycles. The Morgan fingerprint density at radius 3 is 1.95 bits per heavy atom. The molecule has 0 unspecified atom stereocenters. The molecule has 100 valence electrons. The van der Waals surface area contributed by atoms with Crippen LogP contribution in [0, 0.1) is 0 Å². The minimum absolute atomic E-state index is 1.00. The van der Waals surface area contributed by atoms with Crippen LogP contribution in [0.2, 0.25) is 0 Å². The van der Waals surface area contributed by atoms with Gasteiger partial charge in [-0.25, -0.2) is 0 Å². The van der Waals surface area contributed by atoms with Gasteiger partial charge in [-0.2, -0.15) is 0 Å². The standard InChI is InChI=1S/C19H19N/c1-16(17-9-5-3-6-10-17)13-14-19(15-20-2)18-11-7-4-8-12-18/h3-15,20H,1H2,2H3/b14-13-,19-15+. The third kappa shape index (κ3) is 3.72. The SMILES string of the molecule is C=C(/C=C\C(=C/NC)c1ccccc1)c1ccccc1. The van der Waals surface area contributed by atoms with Crippen LogP contribution in [-0.4, -0.2) is 7.05 Å². The maximum atomic E-state index is 4.12. The summed E-state index contributed by atoms with van der Waals surface area (Å²) in [7, 11) is 1.91. The summed E-state index contributed by atoms with van der Waals surface area (Å²) in [6.07, 6.45) is 6.12. The summed E-state index contributed by atoms with van der Waals surface area (Å²) >= 11 is 0. The molecule has 0 bridgehead atoms. The fourth-order valence-corrected chi connectivity index (χ4v) is 1.95. The van der Waals surface area contributed by atoms with Crippen LogP contribution < -0.4 is 5.32 Å². The molecule has 2 rings (SSSR count). The zero-order chi connectivity index (χ0) is 14.2. The van der Waals surface area contributed by atoms with Crippen LogP contribution >= 0.6 is 0 Å². The Labute approximate surface area is 121 Å². The molecule has 0 saturated heterocycles. The van der Waals surface area contributed by atoms with Crippen LogP contribution in [0.25, 0.3) is 11.1 Å². The van der Waals surface area contributed by atoms with E-state index in [2.05, 4.69) is 42.2 Å². The van der Waals surface area contributed by atoms with Crippen molar-refractivity contribution in [3.63, 3.8) is 0 Å². The van der Waals surface area contributed by atoms with Crippen LogP contribution in [0.5, 0.6) is 0 Å². The minimum atomic E-state index is 1.00. The molecular formula is C19H19N. The lowest BCUT2D eigenvalue weighted by Gasteiger charge is -2.04. The van der Waals surface area contributed by atoms with Gasteiger partial charge in [-0.1, -0.05) is 79.4 Å². The molecule has 2 aromatic carbocycles. The number of benzene rings is 2. The largest absolute Gasteiger partial charge is 0.393 e. The summed E-state index contributed by atoms with van der Waals surface area (Å²) < 4.78 is 0. The fourth-order valence-electron chi connectivity index (χ4n) is 1.95. The monoisotopic (exact) mass is 261 g/mol. The molecule has 0 saturated carbocycles. The van der Waals surface area contributed by atoms with Crippen molar-refractivity contribution in [2.24, 2.45) is 0 Å². The second-order valence-corrected chi connectivity index (χ2v) is 4.48. The van der Waals surface area contributed by atoms with Gasteiger partial charge in [0.1, 0.15) is 0 Å². The van der Waals surface area contributed by atoms with E-state index in [4.69, 9.17) is 0 Å². The Kier molecular flexibility index (Phi) is 4.96. The van der Waals surface area contributed by atoms with Gasteiger partial charge >= 0.3 is 0 Å². The van der Waals surface area contributed by atoms with Crippen molar-refractivity contribution in [3.8, 4) is 0 Å². The van der Waals surface area contributed by atoms with Crippen molar-refractivity contribution in [3.05, 3.63) is 96.7 Å². The fraction of sp³-hybridized carbons (Fsp3) is 0.0526. The molecule has 0 heterocycles. The lowest BCUT2D eigenvalue weighted by atomic mass is 10.0. The molecule has 0 aliphatic rings. The van der Waals surface area contributed by atoms with Crippen molar-refractivity contribution < 1.29 is 0 Å². The maximum absolute atomic E-state index is 4.12. The zero-order valence-corrected chi connectivity index (χ0v) is 11.7. The van der Waals surface area contributed by atoms with Gasteiger partial charge in [0.05, 0.1) is 0 Å². The number of nitrogens with one attached hydrogen (secondary N) is 1. The molecule has 2 aromatic rings. The highest BCUT2D eigenvalue weighted by Crippen LogP contribution is 2.18. The van der Waals surface area contributed by atoms with E-state index in [1.165, 1.54) is 5.56 Å². The summed E-state index contributed by atoms with van der Waals surface area (Å²) in [5, 5.41) is 3.09. The molecule has 0 fully saturated rings. The molecule has 0 atom stereocenters. The Morgan fingerprint density at radius 2 is 1.40 bits per heavy atom. The van der Waals surface area contributed by atoms with E-state index in [1.807, 2.05) is 55.7 Å². The first-order valence-electron chi connectivity index (χ1n) is 6.66. The van der Waals surface area contributed by atoms with Gasteiger partial charge in [-0.05, 0) is 22.3 Å². The predicted octanol–water partition coefficient (Wildman–Crippen LogP) is 4.52. The van der Waals surface area contributed by atoms with Gasteiger partial charge in [-0.3, -0.25) is 0 Å². The molecule has 0 aliphatic heterocycles. The smallest absolute Gasteiger partial charge is 0.00412 e. The second kappa shape index (κ2) is 7.15. The molecule has 20 heavy (non-hydrogen) atoms. The van der Waals surface area contributed by atoms with Gasteiger partial charge in [-0.15, -0.1) is 0 Å². The van der Waals surface area contributed by atoms with Crippen LogP contribution in [-0.2, 0) is 0 Å². The minimum Gasteiger partial charge on any atom is -0.393 e. The highest BCUT2D eigenvalue weighted by molar-refractivity contribution is 5.80. The first kappa shape index (κ1) is 13.9. The Bertz CT molecular complexity index is 607. The van der Waals surface area contributed by atoms with Crippen molar-refractivity contribution >= 4 is 11.1 Å². The van der Waals surface area contributed by atoms with Gasteiger partial charge in [0.15, 0.2) is 0 Å². The molecular weight excluding hydrogens is 242 g/mol. The molecule has 1 heteroatoms. The van der Waals surface area contributed by atoms with Crippen molar-refractivity contribution in [1.29, 1.82) is 0 Å². The summed E-state index contributed by atoms with van der Waals surface area (Å²) in [5.74, 6) is 0. The Hall–Kier alpha value is -2.54. The molecule has 1 nitrogen and oxygen atoms in total. The van der Waals surface area contributed by atoms with E-state index in [-0.39, 0.29) is 0 Å². The number of rotatable bonds is 5. The molecule has 1 N–H and O–H groups in total. The first-order chi connectivity index (χ1) is 9.81. The van der Waals surface area contributed by atoms with Crippen LogP contribution in [0.1, 0.15) is 11.1 Å². The third-order valence-corrected chi connectivity index (χ3v) is 3.02.